The van der Waals surface area contributed by atoms with Crippen molar-refractivity contribution in [3.63, 3.8) is 0 Å². The second kappa shape index (κ2) is 6.28. The number of anilines is 1. The number of esters is 1. The first-order valence-corrected chi connectivity index (χ1v) is 8.91. The summed E-state index contributed by atoms with van der Waals surface area (Å²) in [6.45, 7) is 2.00. The van der Waals surface area contributed by atoms with Gasteiger partial charge in [0, 0.05) is 13.6 Å². The molecule has 0 radical (unpaired) electrons. The first-order valence-electron chi connectivity index (χ1n) is 7.06. The summed E-state index contributed by atoms with van der Waals surface area (Å²) in [5, 5.41) is 6.65. The lowest BCUT2D eigenvalue weighted by Crippen LogP contribution is -2.42. The number of sulfonamides is 1. The van der Waals surface area contributed by atoms with Gasteiger partial charge in [0.15, 0.2) is 5.69 Å². The largest absolute Gasteiger partial charge is 0.464 e. The maximum Gasteiger partial charge on any atom is 0.360 e. The number of rotatable bonds is 4. The van der Waals surface area contributed by atoms with Gasteiger partial charge in [-0.3, -0.25) is 9.48 Å². The lowest BCUT2D eigenvalue weighted by atomic mass is 10.2. The van der Waals surface area contributed by atoms with E-state index in [9.17, 15) is 18.0 Å². The summed E-state index contributed by atoms with van der Waals surface area (Å²) in [6, 6.07) is -0.782. The summed E-state index contributed by atoms with van der Waals surface area (Å²) in [5.41, 5.74) is 0.803. The zero-order valence-electron chi connectivity index (χ0n) is 13.5. The van der Waals surface area contributed by atoms with E-state index in [4.69, 9.17) is 0 Å². The maximum absolute atomic E-state index is 12.5. The first kappa shape index (κ1) is 17.4. The molecule has 2 heterocycles. The van der Waals surface area contributed by atoms with E-state index < -0.39 is 27.9 Å². The quantitative estimate of drug-likeness (QED) is 0.762. The van der Waals surface area contributed by atoms with Gasteiger partial charge in [-0.25, -0.2) is 13.2 Å². The van der Waals surface area contributed by atoms with Gasteiger partial charge in [0.2, 0.25) is 15.9 Å². The van der Waals surface area contributed by atoms with Crippen LogP contribution in [-0.4, -0.2) is 60.3 Å². The molecule has 0 bridgehead atoms. The Morgan fingerprint density at radius 1 is 1.39 bits per heavy atom. The highest BCUT2D eigenvalue weighted by atomic mass is 32.2. The Morgan fingerprint density at radius 2 is 2.04 bits per heavy atom. The molecule has 23 heavy (non-hydrogen) atoms. The zero-order chi connectivity index (χ0) is 17.4. The van der Waals surface area contributed by atoms with Crippen LogP contribution in [0.5, 0.6) is 0 Å². The molecule has 1 N–H and O–H groups in total. The predicted molar refractivity (Wildman–Crippen MR) is 82.5 cm³/mol. The minimum atomic E-state index is -3.47. The molecule has 2 rings (SSSR count). The molecule has 10 heteroatoms. The van der Waals surface area contributed by atoms with Gasteiger partial charge in [0.25, 0.3) is 0 Å². The summed E-state index contributed by atoms with van der Waals surface area (Å²) >= 11 is 0. The average Bonchev–Trinajstić information content (AvgIpc) is 3.06. The minimum Gasteiger partial charge on any atom is -0.464 e. The highest BCUT2D eigenvalue weighted by molar-refractivity contribution is 7.88. The third kappa shape index (κ3) is 3.37. The van der Waals surface area contributed by atoms with Gasteiger partial charge in [0.1, 0.15) is 6.04 Å². The van der Waals surface area contributed by atoms with Crippen molar-refractivity contribution in [2.45, 2.75) is 25.8 Å². The predicted octanol–water partition coefficient (Wildman–Crippen LogP) is -0.122. The fourth-order valence-corrected chi connectivity index (χ4v) is 3.73. The molecule has 1 aromatic heterocycles. The summed E-state index contributed by atoms with van der Waals surface area (Å²) in [7, 11) is -0.608. The Morgan fingerprint density at radius 3 is 2.61 bits per heavy atom. The standard InChI is InChI=1S/C13H20N4O5S/c1-8-10(11(13(19)22-3)15-16(8)2)14-12(18)9-6-5-7-17(9)23(4,20)21/h9H,5-7H2,1-4H3,(H,14,18). The van der Waals surface area contributed by atoms with Crippen LogP contribution in [0.25, 0.3) is 0 Å². The Balaban J connectivity index is 2.29. The molecule has 0 saturated carbocycles. The Bertz CT molecular complexity index is 740. The fourth-order valence-electron chi connectivity index (χ4n) is 2.60. The molecule has 128 valence electrons. The van der Waals surface area contributed by atoms with Gasteiger partial charge in [-0.05, 0) is 19.8 Å². The van der Waals surface area contributed by atoms with Gasteiger partial charge in [-0.1, -0.05) is 0 Å². The molecular weight excluding hydrogens is 324 g/mol. The highest BCUT2D eigenvalue weighted by Crippen LogP contribution is 2.25. The van der Waals surface area contributed by atoms with Crippen LogP contribution in [0.2, 0.25) is 0 Å². The van der Waals surface area contributed by atoms with Gasteiger partial charge < -0.3 is 10.1 Å². The topological polar surface area (TPSA) is 111 Å². The third-order valence-corrected chi connectivity index (χ3v) is 5.18. The molecule has 9 nitrogen and oxygen atoms in total. The van der Waals surface area contributed by atoms with Crippen molar-refractivity contribution in [2.75, 3.05) is 25.2 Å². The number of carbonyl (C=O) groups excluding carboxylic acids is 2. The van der Waals surface area contributed by atoms with Crippen LogP contribution in [0.15, 0.2) is 0 Å². The molecule has 1 saturated heterocycles. The summed E-state index contributed by atoms with van der Waals surface area (Å²) in [6.07, 6.45) is 2.13. The number of aromatic nitrogens is 2. The lowest BCUT2D eigenvalue weighted by molar-refractivity contribution is -0.119. The van der Waals surface area contributed by atoms with Crippen molar-refractivity contribution in [2.24, 2.45) is 7.05 Å². The van der Waals surface area contributed by atoms with Crippen molar-refractivity contribution in [3.8, 4) is 0 Å². The smallest absolute Gasteiger partial charge is 0.360 e. The molecule has 1 atom stereocenters. The molecule has 1 aromatic rings. The Kier molecular flexibility index (Phi) is 4.76. The Labute approximate surface area is 134 Å². The lowest BCUT2D eigenvalue weighted by Gasteiger charge is -2.21. The van der Waals surface area contributed by atoms with Gasteiger partial charge in [-0.15, -0.1) is 0 Å². The van der Waals surface area contributed by atoms with Crippen molar-refractivity contribution in [1.29, 1.82) is 0 Å². The van der Waals surface area contributed by atoms with Crippen LogP contribution in [0.1, 0.15) is 29.0 Å². The van der Waals surface area contributed by atoms with E-state index >= 15 is 0 Å². The number of hydrogen-bond donors (Lipinski definition) is 1. The molecule has 1 aliphatic heterocycles. The van der Waals surface area contributed by atoms with Crippen LogP contribution in [-0.2, 0) is 26.6 Å². The van der Waals surface area contributed by atoms with E-state index in [0.717, 1.165) is 6.26 Å². The number of aryl methyl sites for hydroxylation is 1. The number of ether oxygens (including phenoxy) is 1. The van der Waals surface area contributed by atoms with Crippen molar-refractivity contribution >= 4 is 27.6 Å². The fraction of sp³-hybridized carbons (Fsp3) is 0.615. The van der Waals surface area contributed by atoms with Crippen LogP contribution >= 0.6 is 0 Å². The van der Waals surface area contributed by atoms with Gasteiger partial charge in [0.05, 0.1) is 24.7 Å². The normalized spacial score (nSPS) is 18.9. The van der Waals surface area contributed by atoms with Gasteiger partial charge in [-0.2, -0.15) is 9.40 Å². The second-order valence-corrected chi connectivity index (χ2v) is 7.38. The molecule has 0 aromatic carbocycles. The molecule has 1 unspecified atom stereocenters. The molecular formula is C13H20N4O5S. The van der Waals surface area contributed by atoms with E-state index in [1.165, 1.54) is 16.1 Å². The maximum atomic E-state index is 12.5. The number of nitrogens with zero attached hydrogens (tertiary/aromatic N) is 3. The number of hydrogen-bond acceptors (Lipinski definition) is 6. The molecule has 0 spiro atoms. The first-order chi connectivity index (χ1) is 10.7. The molecule has 0 aliphatic carbocycles. The van der Waals surface area contributed by atoms with E-state index in [0.29, 0.717) is 25.1 Å². The number of carbonyl (C=O) groups is 2. The van der Waals surface area contributed by atoms with E-state index in [1.54, 1.807) is 14.0 Å². The monoisotopic (exact) mass is 344 g/mol. The van der Waals surface area contributed by atoms with Crippen LogP contribution in [0, 0.1) is 6.92 Å². The Hall–Kier alpha value is -1.94. The van der Waals surface area contributed by atoms with E-state index in [2.05, 4.69) is 15.2 Å². The zero-order valence-corrected chi connectivity index (χ0v) is 14.3. The molecule has 1 amide bonds. The van der Waals surface area contributed by atoms with Crippen molar-refractivity contribution in [1.82, 2.24) is 14.1 Å². The van der Waals surface area contributed by atoms with E-state index in [1.807, 2.05) is 0 Å². The number of nitrogens with one attached hydrogen (secondary N) is 1. The van der Waals surface area contributed by atoms with Crippen molar-refractivity contribution < 1.29 is 22.7 Å². The number of amides is 1. The van der Waals surface area contributed by atoms with Crippen LogP contribution < -0.4 is 5.32 Å². The third-order valence-electron chi connectivity index (χ3n) is 3.89. The highest BCUT2D eigenvalue weighted by Gasteiger charge is 2.37. The van der Waals surface area contributed by atoms with Crippen LogP contribution in [0.3, 0.4) is 0 Å². The summed E-state index contributed by atoms with van der Waals surface area (Å²) < 4.78 is 30.8. The van der Waals surface area contributed by atoms with Crippen molar-refractivity contribution in [3.05, 3.63) is 11.4 Å². The number of methoxy groups -OCH3 is 1. The summed E-state index contributed by atoms with van der Waals surface area (Å²) in [5.74, 6) is -1.15. The van der Waals surface area contributed by atoms with Crippen LogP contribution in [0.4, 0.5) is 5.69 Å². The average molecular weight is 344 g/mol. The molecule has 1 fully saturated rings. The van der Waals surface area contributed by atoms with Gasteiger partial charge >= 0.3 is 5.97 Å². The SMILES string of the molecule is COC(=O)c1nn(C)c(C)c1NC(=O)C1CCCN1S(C)(=O)=O. The minimum absolute atomic E-state index is 0.00949. The summed E-state index contributed by atoms with van der Waals surface area (Å²) in [4.78, 5) is 24.3. The molecule has 1 aliphatic rings. The second-order valence-electron chi connectivity index (χ2n) is 5.45. The van der Waals surface area contributed by atoms with E-state index in [-0.39, 0.29) is 11.4 Å².